The van der Waals surface area contributed by atoms with Crippen molar-refractivity contribution >= 4 is 27.3 Å². The lowest BCUT2D eigenvalue weighted by molar-refractivity contribution is 0.563. The van der Waals surface area contributed by atoms with Crippen LogP contribution in [0.4, 0.5) is 0 Å². The van der Waals surface area contributed by atoms with Gasteiger partial charge in [0.1, 0.15) is 11.3 Å². The van der Waals surface area contributed by atoms with E-state index in [2.05, 4.69) is 5.10 Å². The van der Waals surface area contributed by atoms with E-state index in [0.717, 1.165) is 21.7 Å². The molecule has 0 aliphatic carbocycles. The van der Waals surface area contributed by atoms with Crippen LogP contribution in [-0.2, 0) is 0 Å². The molecule has 0 aliphatic rings. The van der Waals surface area contributed by atoms with E-state index in [1.54, 1.807) is 4.52 Å². The molecule has 3 aromatic heterocycles. The van der Waals surface area contributed by atoms with Crippen LogP contribution in [0.25, 0.3) is 38.5 Å². The Morgan fingerprint density at radius 2 is 1.75 bits per heavy atom. The van der Waals surface area contributed by atoms with Crippen molar-refractivity contribution in [1.29, 1.82) is 0 Å². The third kappa shape index (κ3) is 1.86. The van der Waals surface area contributed by atoms with Crippen LogP contribution in [0.5, 0.6) is 0 Å². The molecule has 0 atom stereocenters. The van der Waals surface area contributed by atoms with Gasteiger partial charge in [0.05, 0.1) is 11.1 Å². The predicted molar refractivity (Wildman–Crippen MR) is 94.2 cm³/mol. The van der Waals surface area contributed by atoms with Gasteiger partial charge in [0, 0.05) is 11.6 Å². The lowest BCUT2D eigenvalue weighted by Gasteiger charge is -2.04. The Balaban J connectivity index is 1.86. The van der Waals surface area contributed by atoms with Crippen LogP contribution in [-0.4, -0.2) is 9.61 Å². The van der Waals surface area contributed by atoms with Gasteiger partial charge in [-0.25, -0.2) is 9.31 Å². The molecule has 4 heteroatoms. The quantitative estimate of drug-likeness (QED) is 0.343. The van der Waals surface area contributed by atoms with Crippen LogP contribution >= 0.6 is 0 Å². The minimum absolute atomic E-state index is 0.374. The van der Waals surface area contributed by atoms with E-state index < -0.39 is 0 Å². The molecule has 0 saturated carbocycles. The summed E-state index contributed by atoms with van der Waals surface area (Å²) in [6, 6.07) is 21.4. The number of rotatable bonds is 1. The lowest BCUT2D eigenvalue weighted by Crippen LogP contribution is -2.03. The van der Waals surface area contributed by atoms with Gasteiger partial charge in [-0.05, 0) is 41.1 Å². The standard InChI is InChI=1S/C20H12N2O2/c23-20-17(18-11-14-6-3-4-10-22(14)21-18)12-16-15-7-2-1-5-13(15)8-9-19(16)24-20/h1-12H. The summed E-state index contributed by atoms with van der Waals surface area (Å²) in [5.74, 6) is 0. The van der Waals surface area contributed by atoms with E-state index in [1.165, 1.54) is 0 Å². The van der Waals surface area contributed by atoms with E-state index in [9.17, 15) is 4.79 Å². The smallest absolute Gasteiger partial charge is 0.345 e. The van der Waals surface area contributed by atoms with Gasteiger partial charge in [0.25, 0.3) is 0 Å². The van der Waals surface area contributed by atoms with E-state index in [1.807, 2.05) is 72.9 Å². The average Bonchev–Trinajstić information content (AvgIpc) is 3.04. The largest absolute Gasteiger partial charge is 0.422 e. The molecule has 0 bridgehead atoms. The summed E-state index contributed by atoms with van der Waals surface area (Å²) in [4.78, 5) is 12.4. The molecule has 0 aliphatic heterocycles. The van der Waals surface area contributed by atoms with Crippen molar-refractivity contribution in [3.8, 4) is 11.3 Å². The van der Waals surface area contributed by atoms with E-state index in [-0.39, 0.29) is 5.63 Å². The first-order chi connectivity index (χ1) is 11.8. The van der Waals surface area contributed by atoms with Crippen molar-refractivity contribution in [2.45, 2.75) is 0 Å². The highest BCUT2D eigenvalue weighted by Gasteiger charge is 2.13. The lowest BCUT2D eigenvalue weighted by atomic mass is 10.0. The molecular weight excluding hydrogens is 300 g/mol. The van der Waals surface area contributed by atoms with Gasteiger partial charge in [0.15, 0.2) is 0 Å². The fourth-order valence-corrected chi connectivity index (χ4v) is 3.12. The molecule has 0 radical (unpaired) electrons. The highest BCUT2D eigenvalue weighted by atomic mass is 16.4. The molecular formula is C20H12N2O2. The van der Waals surface area contributed by atoms with Gasteiger partial charge in [-0.3, -0.25) is 0 Å². The number of aromatic nitrogens is 2. The summed E-state index contributed by atoms with van der Waals surface area (Å²) < 4.78 is 7.30. The highest BCUT2D eigenvalue weighted by molar-refractivity contribution is 6.06. The van der Waals surface area contributed by atoms with Crippen molar-refractivity contribution in [2.75, 3.05) is 0 Å². The normalized spacial score (nSPS) is 11.5. The number of hydrogen-bond donors (Lipinski definition) is 0. The molecule has 0 fully saturated rings. The van der Waals surface area contributed by atoms with Gasteiger partial charge in [-0.1, -0.05) is 36.4 Å². The highest BCUT2D eigenvalue weighted by Crippen LogP contribution is 2.27. The minimum atomic E-state index is -0.374. The first kappa shape index (κ1) is 13.1. The number of fused-ring (bicyclic) bond motifs is 4. The van der Waals surface area contributed by atoms with Crippen molar-refractivity contribution in [3.05, 3.63) is 83.3 Å². The summed E-state index contributed by atoms with van der Waals surface area (Å²) in [6.45, 7) is 0. The number of hydrogen-bond acceptors (Lipinski definition) is 3. The monoisotopic (exact) mass is 312 g/mol. The van der Waals surface area contributed by atoms with Gasteiger partial charge >= 0.3 is 5.63 Å². The van der Waals surface area contributed by atoms with Gasteiger partial charge in [-0.2, -0.15) is 5.10 Å². The van der Waals surface area contributed by atoms with Crippen LogP contribution < -0.4 is 5.63 Å². The van der Waals surface area contributed by atoms with Crippen molar-refractivity contribution < 1.29 is 4.42 Å². The zero-order valence-electron chi connectivity index (χ0n) is 12.6. The zero-order valence-corrected chi connectivity index (χ0v) is 12.6. The Bertz CT molecular complexity index is 1250. The Morgan fingerprint density at radius 3 is 2.67 bits per heavy atom. The fourth-order valence-electron chi connectivity index (χ4n) is 3.12. The van der Waals surface area contributed by atoms with Crippen LogP contribution in [0, 0.1) is 0 Å². The van der Waals surface area contributed by atoms with E-state index >= 15 is 0 Å². The minimum Gasteiger partial charge on any atom is -0.422 e. The van der Waals surface area contributed by atoms with E-state index in [0.29, 0.717) is 16.8 Å². The molecule has 5 aromatic rings. The molecule has 0 N–H and O–H groups in total. The summed E-state index contributed by atoms with van der Waals surface area (Å²) in [6.07, 6.45) is 1.86. The number of benzene rings is 2. The summed E-state index contributed by atoms with van der Waals surface area (Å²) >= 11 is 0. The Labute approximate surface area is 136 Å². The number of pyridine rings is 1. The SMILES string of the molecule is O=c1oc2ccc3ccccc3c2cc1-c1cc2ccccn2n1. The zero-order chi connectivity index (χ0) is 16.1. The Hall–Kier alpha value is -3.40. The first-order valence-corrected chi connectivity index (χ1v) is 7.70. The molecule has 0 spiro atoms. The van der Waals surface area contributed by atoms with Crippen LogP contribution in [0.1, 0.15) is 0 Å². The Kier molecular flexibility index (Phi) is 2.61. The average molecular weight is 312 g/mol. The second kappa shape index (κ2) is 4.80. The Morgan fingerprint density at radius 1 is 0.875 bits per heavy atom. The maximum atomic E-state index is 12.4. The molecule has 4 nitrogen and oxygen atoms in total. The molecule has 2 aromatic carbocycles. The number of nitrogens with zero attached hydrogens (tertiary/aromatic N) is 2. The molecule has 0 amide bonds. The second-order valence-corrected chi connectivity index (χ2v) is 5.75. The first-order valence-electron chi connectivity index (χ1n) is 7.70. The summed E-state index contributed by atoms with van der Waals surface area (Å²) in [5.41, 5.74) is 2.24. The van der Waals surface area contributed by atoms with Crippen molar-refractivity contribution in [3.63, 3.8) is 0 Å². The molecule has 5 rings (SSSR count). The van der Waals surface area contributed by atoms with Crippen molar-refractivity contribution in [2.24, 2.45) is 0 Å². The third-order valence-corrected chi connectivity index (χ3v) is 4.29. The molecule has 3 heterocycles. The van der Waals surface area contributed by atoms with Gasteiger partial charge in [0.2, 0.25) is 0 Å². The topological polar surface area (TPSA) is 47.5 Å². The second-order valence-electron chi connectivity index (χ2n) is 5.75. The molecule has 0 unspecified atom stereocenters. The summed E-state index contributed by atoms with van der Waals surface area (Å²) in [7, 11) is 0. The molecule has 0 saturated heterocycles. The van der Waals surface area contributed by atoms with Crippen LogP contribution in [0.3, 0.4) is 0 Å². The van der Waals surface area contributed by atoms with E-state index in [4.69, 9.17) is 4.42 Å². The van der Waals surface area contributed by atoms with Gasteiger partial charge in [-0.15, -0.1) is 0 Å². The predicted octanol–water partition coefficient (Wildman–Crippen LogP) is 4.26. The molecule has 114 valence electrons. The maximum absolute atomic E-state index is 12.4. The fraction of sp³-hybridized carbons (Fsp3) is 0. The third-order valence-electron chi connectivity index (χ3n) is 4.29. The van der Waals surface area contributed by atoms with Crippen molar-refractivity contribution in [1.82, 2.24) is 9.61 Å². The van der Waals surface area contributed by atoms with Gasteiger partial charge < -0.3 is 4.42 Å². The summed E-state index contributed by atoms with van der Waals surface area (Å²) in [5, 5.41) is 7.57. The van der Waals surface area contributed by atoms with Crippen LogP contribution in [0.2, 0.25) is 0 Å². The maximum Gasteiger partial charge on any atom is 0.345 e. The molecule has 24 heavy (non-hydrogen) atoms. The van der Waals surface area contributed by atoms with Crippen LogP contribution in [0.15, 0.2) is 82.1 Å².